The quantitative estimate of drug-likeness (QED) is 0.240. The van der Waals surface area contributed by atoms with Crippen molar-refractivity contribution >= 4 is 51.2 Å². The van der Waals surface area contributed by atoms with Crippen LogP contribution < -0.4 is 0 Å². The molecular formula is C35H38N4O5. The number of fused-ring (bicyclic) bond motifs is 8. The second-order valence-electron chi connectivity index (χ2n) is 12.0. The van der Waals surface area contributed by atoms with Gasteiger partial charge in [0.1, 0.15) is 5.92 Å². The summed E-state index contributed by atoms with van der Waals surface area (Å²) in [6.07, 6.45) is 1.74. The third kappa shape index (κ3) is 4.40. The van der Waals surface area contributed by atoms with Crippen molar-refractivity contribution in [3.05, 3.63) is 75.4 Å². The molecule has 4 N–H and O–H groups in total. The largest absolute Gasteiger partial charge is 0.481 e. The first-order valence-electron chi connectivity index (χ1n) is 15.1. The molecule has 228 valence electrons. The Labute approximate surface area is 255 Å². The molecular weight excluding hydrogens is 556 g/mol. The molecule has 1 aliphatic carbocycles. The Morgan fingerprint density at radius 1 is 1.05 bits per heavy atom. The first kappa shape index (κ1) is 29.6. The van der Waals surface area contributed by atoms with Crippen LogP contribution in [-0.4, -0.2) is 55.3 Å². The summed E-state index contributed by atoms with van der Waals surface area (Å²) >= 11 is 0. The average molecular weight is 595 g/mol. The molecule has 44 heavy (non-hydrogen) atoms. The molecule has 6 rings (SSSR count). The van der Waals surface area contributed by atoms with Gasteiger partial charge < -0.3 is 24.9 Å². The van der Waals surface area contributed by atoms with Crippen LogP contribution in [0.2, 0.25) is 0 Å². The van der Waals surface area contributed by atoms with Gasteiger partial charge in [0.2, 0.25) is 0 Å². The number of aliphatic hydroxyl groups excluding tert-OH is 1. The van der Waals surface area contributed by atoms with Crippen LogP contribution >= 0.6 is 0 Å². The molecule has 3 aliphatic rings. The Morgan fingerprint density at radius 3 is 2.41 bits per heavy atom. The summed E-state index contributed by atoms with van der Waals surface area (Å²) in [4.78, 5) is 42.3. The summed E-state index contributed by atoms with van der Waals surface area (Å²) in [6.45, 7) is 14.3. The van der Waals surface area contributed by atoms with E-state index in [-0.39, 0.29) is 18.3 Å². The van der Waals surface area contributed by atoms with Crippen molar-refractivity contribution in [2.45, 2.75) is 77.7 Å². The zero-order valence-corrected chi connectivity index (χ0v) is 26.0. The number of aliphatic hydroxyl groups is 1. The number of carbonyl (C=O) groups excluding carboxylic acids is 1. The Morgan fingerprint density at radius 2 is 1.75 bits per heavy atom. The van der Waals surface area contributed by atoms with Crippen LogP contribution in [0.3, 0.4) is 0 Å². The predicted molar refractivity (Wildman–Crippen MR) is 171 cm³/mol. The van der Waals surface area contributed by atoms with Crippen molar-refractivity contribution in [2.24, 2.45) is 0 Å². The Kier molecular flexibility index (Phi) is 7.32. The Hall–Kier alpha value is -4.50. The molecule has 0 radical (unpaired) electrons. The number of methoxy groups -OCH3 is 1. The number of rotatable bonds is 6. The number of aromatic nitrogens is 4. The summed E-state index contributed by atoms with van der Waals surface area (Å²) in [5.41, 5.74) is 12.4. The molecule has 4 atom stereocenters. The molecule has 0 amide bonds. The van der Waals surface area contributed by atoms with Crippen molar-refractivity contribution in [1.29, 1.82) is 0 Å². The van der Waals surface area contributed by atoms with Gasteiger partial charge >= 0.3 is 11.9 Å². The number of aromatic amines is 2. The van der Waals surface area contributed by atoms with Gasteiger partial charge in [-0.05, 0) is 74.1 Å². The minimum atomic E-state index is -1.17. The van der Waals surface area contributed by atoms with Gasteiger partial charge in [-0.2, -0.15) is 0 Å². The standard InChI is InChI=1S/C35H38N4O5/c1-8-19-15(3)22-12-24-17(5)21(10-11-28(40)41)32(38-24)30-31(35(43)44-7)34(42)29-18(6)25(39-33(29)30)14-27-20(9-2)16(4)23(37-27)13-26(19)36-22/h8,12-14,17,21,31,34,36-37,42H,1,9-11H2,2-7H3,(H,40,41)/t17?,21-,31+,34?/m0/s1. The van der Waals surface area contributed by atoms with Crippen LogP contribution in [0.4, 0.5) is 0 Å². The number of allylic oxidation sites excluding steroid dienone is 1. The molecule has 5 heterocycles. The van der Waals surface area contributed by atoms with E-state index in [2.05, 4.69) is 36.5 Å². The van der Waals surface area contributed by atoms with Crippen LogP contribution in [0.15, 0.2) is 24.8 Å². The van der Waals surface area contributed by atoms with E-state index < -0.39 is 24.0 Å². The van der Waals surface area contributed by atoms with Crippen LogP contribution in [-0.2, 0) is 20.7 Å². The summed E-state index contributed by atoms with van der Waals surface area (Å²) < 4.78 is 5.18. The molecule has 0 saturated carbocycles. The topological polar surface area (TPSA) is 141 Å². The maximum Gasteiger partial charge on any atom is 0.316 e. The van der Waals surface area contributed by atoms with E-state index in [0.717, 1.165) is 62.0 Å². The summed E-state index contributed by atoms with van der Waals surface area (Å²) in [5, 5.41) is 21.3. The molecule has 3 aromatic rings. The van der Waals surface area contributed by atoms with Gasteiger partial charge in [-0.15, -0.1) is 0 Å². The van der Waals surface area contributed by atoms with Gasteiger partial charge in [0.05, 0.1) is 30.3 Å². The van der Waals surface area contributed by atoms with Crippen molar-refractivity contribution in [2.75, 3.05) is 7.11 Å². The number of aryl methyl sites for hydroxylation is 3. The number of ether oxygens (including phenoxy) is 1. The highest BCUT2D eigenvalue weighted by atomic mass is 16.5. The van der Waals surface area contributed by atoms with Crippen LogP contribution in [0, 0.1) is 13.8 Å². The highest BCUT2D eigenvalue weighted by Gasteiger charge is 2.48. The second-order valence-corrected chi connectivity index (χ2v) is 12.0. The molecule has 0 aromatic carbocycles. The van der Waals surface area contributed by atoms with E-state index in [9.17, 15) is 19.8 Å². The third-order valence-corrected chi connectivity index (χ3v) is 9.76. The predicted octanol–water partition coefficient (Wildman–Crippen LogP) is 6.45. The number of carboxylic acids is 1. The number of carbonyl (C=O) groups is 2. The molecule has 3 aromatic heterocycles. The summed E-state index contributed by atoms with van der Waals surface area (Å²) in [6, 6.07) is 6.12. The lowest BCUT2D eigenvalue weighted by atomic mass is 9.84. The van der Waals surface area contributed by atoms with Gasteiger partial charge in [-0.1, -0.05) is 26.5 Å². The van der Waals surface area contributed by atoms with E-state index in [4.69, 9.17) is 14.7 Å². The fourth-order valence-corrected chi connectivity index (χ4v) is 7.28. The molecule has 2 unspecified atom stereocenters. The number of H-pyrrole nitrogens is 2. The first-order valence-corrected chi connectivity index (χ1v) is 15.1. The lowest BCUT2D eigenvalue weighted by molar-refractivity contribution is -0.144. The molecule has 9 heteroatoms. The number of carboxylic acid groups (broad SMARTS) is 1. The van der Waals surface area contributed by atoms with Gasteiger partial charge in [-0.25, -0.2) is 4.98 Å². The van der Waals surface area contributed by atoms with Gasteiger partial charge in [-0.3, -0.25) is 14.6 Å². The summed E-state index contributed by atoms with van der Waals surface area (Å²) in [5.74, 6) is -2.97. The molecule has 9 nitrogen and oxygen atoms in total. The third-order valence-electron chi connectivity index (χ3n) is 9.76. The molecule has 8 bridgehead atoms. The SMILES string of the molecule is C=Cc1c(C)c2cc3nc(c4c5nc(cc6[nH]c(cc1[nH]2)c(C)c6CC)C(C)=C5C(O)[C@@H]4C(=O)OC)[C@@H](CCC(=O)O)C3C. The van der Waals surface area contributed by atoms with Gasteiger partial charge in [0.15, 0.2) is 0 Å². The fourth-order valence-electron chi connectivity index (χ4n) is 7.28. The maximum atomic E-state index is 13.3. The number of hydrogen-bond acceptors (Lipinski definition) is 6. The second kappa shape index (κ2) is 10.9. The van der Waals surface area contributed by atoms with E-state index in [1.807, 2.05) is 39.0 Å². The van der Waals surface area contributed by atoms with Crippen molar-refractivity contribution in [3.8, 4) is 0 Å². The van der Waals surface area contributed by atoms with Crippen molar-refractivity contribution in [3.63, 3.8) is 0 Å². The zero-order chi connectivity index (χ0) is 31.6. The van der Waals surface area contributed by atoms with Crippen LogP contribution in [0.25, 0.3) is 39.3 Å². The lowest BCUT2D eigenvalue weighted by Crippen LogP contribution is -2.24. The number of hydrogen-bond donors (Lipinski definition) is 4. The van der Waals surface area contributed by atoms with Crippen LogP contribution in [0.5, 0.6) is 0 Å². The minimum absolute atomic E-state index is 0.0608. The normalized spacial score (nSPS) is 20.7. The Balaban J connectivity index is 1.82. The summed E-state index contributed by atoms with van der Waals surface area (Å²) in [7, 11) is 1.30. The number of aliphatic carboxylic acids is 1. The van der Waals surface area contributed by atoms with Gasteiger partial charge in [0, 0.05) is 62.7 Å². The zero-order valence-electron chi connectivity index (χ0n) is 26.0. The van der Waals surface area contributed by atoms with E-state index in [0.29, 0.717) is 34.6 Å². The lowest BCUT2D eigenvalue weighted by Gasteiger charge is -2.19. The average Bonchev–Trinajstić information content (AvgIpc) is 3.72. The highest BCUT2D eigenvalue weighted by molar-refractivity contribution is 6.02. The first-order chi connectivity index (χ1) is 21.0. The fraction of sp³-hybridized carbons (Fsp3) is 0.371. The van der Waals surface area contributed by atoms with Crippen molar-refractivity contribution < 1.29 is 24.5 Å². The monoisotopic (exact) mass is 594 g/mol. The number of esters is 1. The molecule has 2 aliphatic heterocycles. The van der Waals surface area contributed by atoms with Gasteiger partial charge in [0.25, 0.3) is 0 Å². The number of nitrogens with zero attached hydrogens (tertiary/aromatic N) is 2. The van der Waals surface area contributed by atoms with Crippen molar-refractivity contribution in [1.82, 2.24) is 19.9 Å². The van der Waals surface area contributed by atoms with E-state index >= 15 is 0 Å². The van der Waals surface area contributed by atoms with Crippen LogP contribution in [0.1, 0.15) is 102 Å². The van der Waals surface area contributed by atoms with E-state index in [1.54, 1.807) is 0 Å². The smallest absolute Gasteiger partial charge is 0.316 e. The van der Waals surface area contributed by atoms with E-state index in [1.165, 1.54) is 7.11 Å². The molecule has 0 fully saturated rings. The number of nitrogens with one attached hydrogen (secondary N) is 2. The minimum Gasteiger partial charge on any atom is -0.481 e. The molecule has 0 spiro atoms. The molecule has 0 saturated heterocycles. The maximum absolute atomic E-state index is 13.3. The highest BCUT2D eigenvalue weighted by Crippen LogP contribution is 2.52. The Bertz CT molecular complexity index is 1950.